The Labute approximate surface area is 175 Å². The lowest BCUT2D eigenvalue weighted by molar-refractivity contribution is 0.101. The Hall–Kier alpha value is -2.06. The van der Waals surface area contributed by atoms with Gasteiger partial charge in [-0.15, -0.1) is 11.3 Å². The van der Waals surface area contributed by atoms with Crippen molar-refractivity contribution < 1.29 is 13.6 Å². The predicted molar refractivity (Wildman–Crippen MR) is 112 cm³/mol. The van der Waals surface area contributed by atoms with Crippen LogP contribution < -0.4 is 5.56 Å². The lowest BCUT2D eigenvalue weighted by Gasteiger charge is -2.18. The molecule has 0 bridgehead atoms. The van der Waals surface area contributed by atoms with E-state index in [1.807, 2.05) is 13.8 Å². The smallest absolute Gasteiger partial charge is 0.263 e. The number of thiophene rings is 1. The van der Waals surface area contributed by atoms with Crippen LogP contribution in [0.1, 0.15) is 52.5 Å². The zero-order chi connectivity index (χ0) is 20.7. The standard InChI is InChI=1S/C21H20F2N2O2S2/c1-11-12(2)29-19-18(11)20(27)25(14-5-3-4-6-14)21(24-19)28-10-17(26)15-9-13(22)7-8-16(15)23/h7-9,14H,3-6,10H2,1-2H3. The maximum Gasteiger partial charge on any atom is 0.263 e. The maximum absolute atomic E-state index is 13.9. The fourth-order valence-corrected chi connectivity index (χ4v) is 5.81. The summed E-state index contributed by atoms with van der Waals surface area (Å²) in [6.45, 7) is 3.89. The van der Waals surface area contributed by atoms with Crippen molar-refractivity contribution in [2.75, 3.05) is 5.75 Å². The molecular formula is C21H20F2N2O2S2. The van der Waals surface area contributed by atoms with Gasteiger partial charge in [-0.05, 0) is 50.5 Å². The summed E-state index contributed by atoms with van der Waals surface area (Å²) in [5.41, 5.74) is 0.593. The van der Waals surface area contributed by atoms with Crippen molar-refractivity contribution in [3.63, 3.8) is 0 Å². The SMILES string of the molecule is Cc1sc2nc(SCC(=O)c3cc(F)ccc3F)n(C3CCCC3)c(=O)c2c1C. The van der Waals surface area contributed by atoms with E-state index in [1.165, 1.54) is 11.3 Å². The Kier molecular flexibility index (Phi) is 5.57. The van der Waals surface area contributed by atoms with E-state index in [4.69, 9.17) is 4.98 Å². The van der Waals surface area contributed by atoms with Gasteiger partial charge in [0.1, 0.15) is 16.5 Å². The number of rotatable bonds is 5. The molecule has 0 saturated heterocycles. The first-order valence-electron chi connectivity index (χ1n) is 9.50. The Bertz CT molecular complexity index is 1160. The second kappa shape index (κ2) is 7.99. The number of Topliss-reactive ketones (excluding diaryl/α,β-unsaturated/α-hetero) is 1. The van der Waals surface area contributed by atoms with Gasteiger partial charge in [0.15, 0.2) is 10.9 Å². The number of benzene rings is 1. The Morgan fingerprint density at radius 1 is 1.28 bits per heavy atom. The summed E-state index contributed by atoms with van der Waals surface area (Å²) in [5, 5.41) is 1.12. The monoisotopic (exact) mass is 434 g/mol. The third kappa shape index (κ3) is 3.75. The largest absolute Gasteiger partial charge is 0.293 e. The fraction of sp³-hybridized carbons (Fsp3) is 0.381. The number of ketones is 1. The van der Waals surface area contributed by atoms with Crippen molar-refractivity contribution in [2.24, 2.45) is 0 Å². The minimum Gasteiger partial charge on any atom is -0.293 e. The number of carbonyl (C=O) groups excluding carboxylic acids is 1. The molecule has 1 fully saturated rings. The highest BCUT2D eigenvalue weighted by atomic mass is 32.2. The number of hydrogen-bond donors (Lipinski definition) is 0. The minimum atomic E-state index is -0.752. The average Bonchev–Trinajstić information content (AvgIpc) is 3.30. The van der Waals surface area contributed by atoms with E-state index >= 15 is 0 Å². The molecule has 0 spiro atoms. The molecule has 1 saturated carbocycles. The van der Waals surface area contributed by atoms with Crippen LogP contribution in [-0.2, 0) is 0 Å². The number of aromatic nitrogens is 2. The summed E-state index contributed by atoms with van der Waals surface area (Å²) in [4.78, 5) is 32.2. The average molecular weight is 435 g/mol. The number of thioether (sulfide) groups is 1. The van der Waals surface area contributed by atoms with Gasteiger partial charge in [0.25, 0.3) is 5.56 Å². The van der Waals surface area contributed by atoms with Crippen LogP contribution in [-0.4, -0.2) is 21.1 Å². The number of nitrogens with zero attached hydrogens (tertiary/aromatic N) is 2. The zero-order valence-corrected chi connectivity index (χ0v) is 17.8. The third-order valence-corrected chi connectivity index (χ3v) is 7.51. The highest BCUT2D eigenvalue weighted by Crippen LogP contribution is 2.34. The molecule has 1 aromatic carbocycles. The lowest BCUT2D eigenvalue weighted by Crippen LogP contribution is -2.26. The van der Waals surface area contributed by atoms with E-state index in [2.05, 4.69) is 0 Å². The molecule has 0 aliphatic heterocycles. The predicted octanol–water partition coefficient (Wildman–Crippen LogP) is 5.44. The van der Waals surface area contributed by atoms with Gasteiger partial charge in [-0.2, -0.15) is 0 Å². The van der Waals surface area contributed by atoms with E-state index < -0.39 is 17.4 Å². The first kappa shape index (κ1) is 20.2. The van der Waals surface area contributed by atoms with Crippen molar-refractivity contribution in [2.45, 2.75) is 50.7 Å². The van der Waals surface area contributed by atoms with Gasteiger partial charge in [-0.3, -0.25) is 14.2 Å². The summed E-state index contributed by atoms with van der Waals surface area (Å²) in [6, 6.07) is 2.89. The number of halogens is 2. The zero-order valence-electron chi connectivity index (χ0n) is 16.1. The highest BCUT2D eigenvalue weighted by Gasteiger charge is 2.25. The molecule has 3 aromatic rings. The van der Waals surface area contributed by atoms with Crippen LogP contribution in [0, 0.1) is 25.5 Å². The molecule has 0 unspecified atom stereocenters. The van der Waals surface area contributed by atoms with Crippen molar-refractivity contribution >= 4 is 39.1 Å². The molecule has 29 heavy (non-hydrogen) atoms. The molecule has 2 aromatic heterocycles. The molecule has 0 N–H and O–H groups in total. The molecule has 4 nitrogen and oxygen atoms in total. The topological polar surface area (TPSA) is 52.0 Å². The van der Waals surface area contributed by atoms with Gasteiger partial charge in [-0.25, -0.2) is 13.8 Å². The first-order valence-corrected chi connectivity index (χ1v) is 11.3. The second-order valence-electron chi connectivity index (χ2n) is 7.31. The molecule has 0 atom stereocenters. The number of aryl methyl sites for hydroxylation is 2. The molecule has 1 aliphatic carbocycles. The summed E-state index contributed by atoms with van der Waals surface area (Å²) in [7, 11) is 0. The molecule has 152 valence electrons. The quantitative estimate of drug-likeness (QED) is 0.305. The number of fused-ring (bicyclic) bond motifs is 1. The summed E-state index contributed by atoms with van der Waals surface area (Å²) < 4.78 is 29.1. The van der Waals surface area contributed by atoms with Gasteiger partial charge in [0.05, 0.1) is 16.7 Å². The van der Waals surface area contributed by atoms with Crippen LogP contribution in [0.2, 0.25) is 0 Å². The molecule has 0 amide bonds. The maximum atomic E-state index is 13.9. The van der Waals surface area contributed by atoms with Crippen LogP contribution >= 0.6 is 23.1 Å². The molecule has 4 rings (SSSR count). The lowest BCUT2D eigenvalue weighted by atomic mass is 10.1. The van der Waals surface area contributed by atoms with Gasteiger partial charge >= 0.3 is 0 Å². The van der Waals surface area contributed by atoms with E-state index in [0.717, 1.165) is 66.1 Å². The third-order valence-electron chi connectivity index (χ3n) is 5.45. The molecule has 1 aliphatic rings. The van der Waals surface area contributed by atoms with E-state index in [0.29, 0.717) is 15.4 Å². The van der Waals surface area contributed by atoms with E-state index in [-0.39, 0.29) is 22.9 Å². The first-order chi connectivity index (χ1) is 13.9. The van der Waals surface area contributed by atoms with Crippen LogP contribution in [0.25, 0.3) is 10.2 Å². The van der Waals surface area contributed by atoms with Crippen molar-refractivity contribution in [1.29, 1.82) is 0 Å². The minimum absolute atomic E-state index is 0.0579. The van der Waals surface area contributed by atoms with E-state index in [1.54, 1.807) is 4.57 Å². The Balaban J connectivity index is 1.72. The molecule has 8 heteroatoms. The van der Waals surface area contributed by atoms with Crippen LogP contribution in [0.4, 0.5) is 8.78 Å². The van der Waals surface area contributed by atoms with Crippen LogP contribution in [0.3, 0.4) is 0 Å². The number of hydrogen-bond acceptors (Lipinski definition) is 5. The summed E-state index contributed by atoms with van der Waals surface area (Å²) >= 11 is 2.58. The van der Waals surface area contributed by atoms with Gasteiger partial charge in [0, 0.05) is 10.9 Å². The second-order valence-corrected chi connectivity index (χ2v) is 9.45. The Morgan fingerprint density at radius 3 is 2.72 bits per heavy atom. The molecular weight excluding hydrogens is 414 g/mol. The normalized spacial score (nSPS) is 14.8. The van der Waals surface area contributed by atoms with Crippen molar-refractivity contribution in [1.82, 2.24) is 9.55 Å². The van der Waals surface area contributed by atoms with Gasteiger partial charge in [0.2, 0.25) is 0 Å². The van der Waals surface area contributed by atoms with Crippen molar-refractivity contribution in [3.8, 4) is 0 Å². The number of carbonyl (C=O) groups is 1. The fourth-order valence-electron chi connectivity index (χ4n) is 3.79. The van der Waals surface area contributed by atoms with E-state index in [9.17, 15) is 18.4 Å². The highest BCUT2D eigenvalue weighted by molar-refractivity contribution is 7.99. The van der Waals surface area contributed by atoms with Crippen LogP contribution in [0.15, 0.2) is 28.2 Å². The molecule has 2 heterocycles. The van der Waals surface area contributed by atoms with Crippen LogP contribution in [0.5, 0.6) is 0 Å². The van der Waals surface area contributed by atoms with Gasteiger partial charge in [-0.1, -0.05) is 24.6 Å². The Morgan fingerprint density at radius 2 is 2.00 bits per heavy atom. The summed E-state index contributed by atoms with van der Waals surface area (Å²) in [5.74, 6) is -2.06. The molecule has 0 radical (unpaired) electrons. The van der Waals surface area contributed by atoms with Gasteiger partial charge < -0.3 is 0 Å². The van der Waals surface area contributed by atoms with Crippen molar-refractivity contribution in [3.05, 3.63) is 56.2 Å². The summed E-state index contributed by atoms with van der Waals surface area (Å²) in [6.07, 6.45) is 3.90.